The Labute approximate surface area is 110 Å². The first-order valence-corrected chi connectivity index (χ1v) is 6.06. The lowest BCUT2D eigenvalue weighted by atomic mass is 9.98. The van der Waals surface area contributed by atoms with Gasteiger partial charge in [-0.15, -0.1) is 0 Å². The van der Waals surface area contributed by atoms with Crippen LogP contribution in [0, 0.1) is 5.92 Å². The molecule has 0 radical (unpaired) electrons. The van der Waals surface area contributed by atoms with Gasteiger partial charge in [0.05, 0.1) is 6.21 Å². The fourth-order valence-electron chi connectivity index (χ4n) is 1.83. The zero-order valence-electron chi connectivity index (χ0n) is 10.3. The molecule has 1 aliphatic rings. The topological polar surface area (TPSA) is 90.8 Å². The third kappa shape index (κ3) is 3.54. The highest BCUT2D eigenvalue weighted by atomic mass is 16.3. The van der Waals surface area contributed by atoms with Crippen molar-refractivity contribution in [1.29, 1.82) is 0 Å². The summed E-state index contributed by atoms with van der Waals surface area (Å²) in [7, 11) is 0. The van der Waals surface area contributed by atoms with Crippen molar-refractivity contribution in [3.05, 3.63) is 29.8 Å². The summed E-state index contributed by atoms with van der Waals surface area (Å²) in [5.41, 5.74) is 3.09. The molecular weight excluding hydrogens is 246 g/mol. The minimum absolute atomic E-state index is 0.167. The minimum Gasteiger partial charge on any atom is -0.508 e. The second-order valence-electron chi connectivity index (χ2n) is 4.31. The summed E-state index contributed by atoms with van der Waals surface area (Å²) in [6.45, 7) is 0.624. The van der Waals surface area contributed by atoms with Gasteiger partial charge in [-0.25, -0.2) is 5.43 Å². The summed E-state index contributed by atoms with van der Waals surface area (Å²) in [6.07, 6.45) is 2.80. The molecule has 1 saturated heterocycles. The summed E-state index contributed by atoms with van der Waals surface area (Å²) in [5.74, 6) is -1.14. The molecular formula is C13H15N3O3. The van der Waals surface area contributed by atoms with E-state index in [1.807, 2.05) is 0 Å². The number of rotatable bonds is 3. The molecule has 0 aliphatic carbocycles. The van der Waals surface area contributed by atoms with Gasteiger partial charge in [-0.2, -0.15) is 5.10 Å². The number of amides is 2. The van der Waals surface area contributed by atoms with E-state index in [1.54, 1.807) is 12.1 Å². The van der Waals surface area contributed by atoms with Crippen LogP contribution in [0.25, 0.3) is 0 Å². The molecule has 1 heterocycles. The molecule has 2 rings (SSSR count). The van der Waals surface area contributed by atoms with Gasteiger partial charge < -0.3 is 10.4 Å². The molecule has 0 unspecified atom stereocenters. The number of phenols is 1. The number of hydrazone groups is 1. The molecule has 6 nitrogen and oxygen atoms in total. The molecule has 6 heteroatoms. The Bertz CT molecular complexity index is 496. The van der Waals surface area contributed by atoms with Gasteiger partial charge in [-0.1, -0.05) is 0 Å². The maximum absolute atomic E-state index is 11.7. The average molecular weight is 261 g/mol. The van der Waals surface area contributed by atoms with E-state index in [1.165, 1.54) is 18.3 Å². The van der Waals surface area contributed by atoms with Crippen LogP contribution in [0.5, 0.6) is 5.75 Å². The second kappa shape index (κ2) is 5.99. The third-order valence-corrected chi connectivity index (χ3v) is 2.88. The second-order valence-corrected chi connectivity index (χ2v) is 4.31. The van der Waals surface area contributed by atoms with Crippen molar-refractivity contribution in [2.45, 2.75) is 12.8 Å². The number of hydrogen-bond acceptors (Lipinski definition) is 4. The van der Waals surface area contributed by atoms with Crippen LogP contribution < -0.4 is 10.7 Å². The molecule has 0 bridgehead atoms. The predicted octanol–water partition coefficient (Wildman–Crippen LogP) is 0.369. The molecule has 0 aromatic heterocycles. The normalized spacial score (nSPS) is 19.2. The van der Waals surface area contributed by atoms with Crippen LogP contribution in [0.3, 0.4) is 0 Å². The number of piperidine rings is 1. The van der Waals surface area contributed by atoms with Crippen LogP contribution in [0.4, 0.5) is 0 Å². The van der Waals surface area contributed by atoms with Gasteiger partial charge in [0.25, 0.3) is 5.91 Å². The number of carbonyl (C=O) groups excluding carboxylic acids is 2. The maximum Gasteiger partial charge on any atom is 0.252 e. The van der Waals surface area contributed by atoms with Gasteiger partial charge in [0, 0.05) is 6.54 Å². The zero-order chi connectivity index (χ0) is 13.7. The summed E-state index contributed by atoms with van der Waals surface area (Å²) in [4.78, 5) is 23.2. The van der Waals surface area contributed by atoms with E-state index >= 15 is 0 Å². The smallest absolute Gasteiger partial charge is 0.252 e. The Balaban J connectivity index is 1.89. The van der Waals surface area contributed by atoms with Gasteiger partial charge in [0.15, 0.2) is 0 Å². The van der Waals surface area contributed by atoms with E-state index in [9.17, 15) is 9.59 Å². The Hall–Kier alpha value is -2.37. The number of hydrogen-bond donors (Lipinski definition) is 3. The number of carbonyl (C=O) groups is 2. The van der Waals surface area contributed by atoms with E-state index in [4.69, 9.17) is 5.11 Å². The molecule has 0 saturated carbocycles. The summed E-state index contributed by atoms with van der Waals surface area (Å²) >= 11 is 0. The fraction of sp³-hybridized carbons (Fsp3) is 0.308. The molecule has 100 valence electrons. The number of nitrogens with one attached hydrogen (secondary N) is 2. The van der Waals surface area contributed by atoms with Crippen molar-refractivity contribution >= 4 is 18.0 Å². The van der Waals surface area contributed by atoms with Crippen molar-refractivity contribution < 1.29 is 14.7 Å². The summed E-state index contributed by atoms with van der Waals surface area (Å²) in [6, 6.07) is 6.38. The first kappa shape index (κ1) is 13.1. The third-order valence-electron chi connectivity index (χ3n) is 2.88. The SMILES string of the molecule is O=C1NCCC[C@H]1C(=O)N/N=C/c1ccc(O)cc1. The summed E-state index contributed by atoms with van der Waals surface area (Å²) < 4.78 is 0. The Morgan fingerprint density at radius 3 is 2.84 bits per heavy atom. The van der Waals surface area contributed by atoms with Crippen LogP contribution in [-0.2, 0) is 9.59 Å². The Morgan fingerprint density at radius 1 is 1.42 bits per heavy atom. The van der Waals surface area contributed by atoms with Crippen molar-refractivity contribution in [3.63, 3.8) is 0 Å². The van der Waals surface area contributed by atoms with E-state index in [0.29, 0.717) is 13.0 Å². The molecule has 1 aromatic rings. The Kier molecular flexibility index (Phi) is 4.12. The van der Waals surface area contributed by atoms with E-state index < -0.39 is 11.8 Å². The van der Waals surface area contributed by atoms with Crippen LogP contribution in [-0.4, -0.2) is 29.7 Å². The van der Waals surface area contributed by atoms with Gasteiger partial charge in [-0.3, -0.25) is 9.59 Å². The molecule has 3 N–H and O–H groups in total. The Morgan fingerprint density at radius 2 is 2.16 bits per heavy atom. The highest BCUT2D eigenvalue weighted by Gasteiger charge is 2.28. The number of benzene rings is 1. The van der Waals surface area contributed by atoms with Gasteiger partial charge in [0.2, 0.25) is 5.91 Å². The van der Waals surface area contributed by atoms with Crippen molar-refractivity contribution in [3.8, 4) is 5.75 Å². The maximum atomic E-state index is 11.7. The van der Waals surface area contributed by atoms with Crippen LogP contribution >= 0.6 is 0 Å². The number of aromatic hydroxyl groups is 1. The molecule has 1 atom stereocenters. The predicted molar refractivity (Wildman–Crippen MR) is 69.6 cm³/mol. The molecule has 1 aromatic carbocycles. The lowest BCUT2D eigenvalue weighted by molar-refractivity contribution is -0.136. The minimum atomic E-state index is -0.661. The van der Waals surface area contributed by atoms with Crippen molar-refractivity contribution in [2.24, 2.45) is 11.0 Å². The first-order valence-electron chi connectivity index (χ1n) is 6.06. The van der Waals surface area contributed by atoms with Gasteiger partial charge >= 0.3 is 0 Å². The lowest BCUT2D eigenvalue weighted by Gasteiger charge is -2.19. The van der Waals surface area contributed by atoms with Crippen molar-refractivity contribution in [1.82, 2.24) is 10.7 Å². The number of nitrogens with zero attached hydrogens (tertiary/aromatic N) is 1. The summed E-state index contributed by atoms with van der Waals surface area (Å²) in [5, 5.41) is 15.6. The van der Waals surface area contributed by atoms with Gasteiger partial charge in [-0.05, 0) is 42.7 Å². The van der Waals surface area contributed by atoms with E-state index in [-0.39, 0.29) is 11.7 Å². The number of phenolic OH excluding ortho intramolecular Hbond substituents is 1. The molecule has 1 aliphatic heterocycles. The fourth-order valence-corrected chi connectivity index (χ4v) is 1.83. The standard InChI is InChI=1S/C13H15N3O3/c17-10-5-3-9(4-6-10)8-15-16-13(19)11-2-1-7-14-12(11)18/h3-6,8,11,17H,1-2,7H2,(H,14,18)(H,16,19)/b15-8+/t11-/m1/s1. The molecule has 2 amide bonds. The van der Waals surface area contributed by atoms with Gasteiger partial charge in [0.1, 0.15) is 11.7 Å². The molecule has 0 spiro atoms. The monoisotopic (exact) mass is 261 g/mol. The molecule has 19 heavy (non-hydrogen) atoms. The van der Waals surface area contributed by atoms with Crippen LogP contribution in [0.15, 0.2) is 29.4 Å². The van der Waals surface area contributed by atoms with Crippen LogP contribution in [0.1, 0.15) is 18.4 Å². The first-order chi connectivity index (χ1) is 9.16. The highest BCUT2D eigenvalue weighted by molar-refractivity contribution is 6.00. The molecule has 1 fully saturated rings. The quantitative estimate of drug-likeness (QED) is 0.417. The lowest BCUT2D eigenvalue weighted by Crippen LogP contribution is -2.43. The van der Waals surface area contributed by atoms with Crippen LogP contribution in [0.2, 0.25) is 0 Å². The zero-order valence-corrected chi connectivity index (χ0v) is 10.3. The van der Waals surface area contributed by atoms with Crippen molar-refractivity contribution in [2.75, 3.05) is 6.54 Å². The van der Waals surface area contributed by atoms with E-state index in [2.05, 4.69) is 15.8 Å². The average Bonchev–Trinajstić information content (AvgIpc) is 2.41. The highest BCUT2D eigenvalue weighted by Crippen LogP contribution is 2.11. The van der Waals surface area contributed by atoms with E-state index in [0.717, 1.165) is 12.0 Å². The largest absolute Gasteiger partial charge is 0.508 e.